The number of nitrogens with zero attached hydrogens (tertiary/aromatic N) is 3. The van der Waals surface area contributed by atoms with Crippen molar-refractivity contribution < 1.29 is 0 Å². The van der Waals surface area contributed by atoms with Crippen LogP contribution in [-0.4, -0.2) is 19.2 Å². The number of hydrogen-bond acceptors (Lipinski definition) is 4. The Bertz CT molecular complexity index is 703. The molecule has 1 aliphatic heterocycles. The monoisotopic (exact) mass is 333 g/mol. The van der Waals surface area contributed by atoms with E-state index in [9.17, 15) is 0 Å². The van der Waals surface area contributed by atoms with Crippen molar-refractivity contribution in [3.05, 3.63) is 48.1 Å². The fourth-order valence-electron chi connectivity index (χ4n) is 2.37. The molecule has 0 spiro atoms. The minimum absolute atomic E-state index is 0.516. The number of fused-ring (bicyclic) bond motifs is 1. The zero-order chi connectivity index (χ0) is 14.2. The van der Waals surface area contributed by atoms with Crippen LogP contribution in [0.1, 0.15) is 19.2 Å². The van der Waals surface area contributed by atoms with Crippen molar-refractivity contribution in [2.75, 3.05) is 0 Å². The van der Waals surface area contributed by atoms with Crippen LogP contribution in [0.25, 0.3) is 11.2 Å². The maximum Gasteiger partial charge on any atom is 0.170 e. The summed E-state index contributed by atoms with van der Waals surface area (Å²) < 4.78 is 1.85. The first-order valence-electron chi connectivity index (χ1n) is 6.48. The third-order valence-electron chi connectivity index (χ3n) is 3.37. The van der Waals surface area contributed by atoms with Crippen LogP contribution in [0.5, 0.6) is 0 Å². The van der Waals surface area contributed by atoms with Gasteiger partial charge in [0.05, 0.1) is 16.1 Å². The Hall–Kier alpha value is -1.66. The van der Waals surface area contributed by atoms with Crippen molar-refractivity contribution in [1.82, 2.24) is 18.9 Å². The number of dihydropyridines is 1. The summed E-state index contributed by atoms with van der Waals surface area (Å²) in [7, 11) is 0. The number of nitrogens with two attached hydrogens (primary N) is 1. The Kier molecular flexibility index (Phi) is 3.35. The molecule has 3 heterocycles. The molecule has 2 aromatic heterocycles. The maximum atomic E-state index is 6.33. The standard InChI is InChI=1S/C14H16BrN5/c1-10-5-8-18-14(16,9-10)6-4-12-19-11-3-2-7-17-13(11)20(12)15/h2-3,5,7-9,18H,4,6,16H2,1H3. The van der Waals surface area contributed by atoms with Gasteiger partial charge in [-0.1, -0.05) is 5.57 Å². The van der Waals surface area contributed by atoms with Crippen molar-refractivity contribution in [2.24, 2.45) is 5.73 Å². The molecule has 0 bridgehead atoms. The lowest BCUT2D eigenvalue weighted by Gasteiger charge is -2.29. The van der Waals surface area contributed by atoms with Crippen LogP contribution in [0.3, 0.4) is 0 Å². The van der Waals surface area contributed by atoms with E-state index in [1.54, 1.807) is 6.20 Å². The highest BCUT2D eigenvalue weighted by atomic mass is 79.9. The summed E-state index contributed by atoms with van der Waals surface area (Å²) in [6, 6.07) is 3.84. The van der Waals surface area contributed by atoms with Gasteiger partial charge in [0.25, 0.3) is 0 Å². The molecule has 0 saturated heterocycles. The second-order valence-electron chi connectivity index (χ2n) is 5.06. The molecule has 2 aromatic rings. The Morgan fingerprint density at radius 1 is 1.50 bits per heavy atom. The van der Waals surface area contributed by atoms with Crippen LogP contribution in [-0.2, 0) is 6.42 Å². The molecule has 3 N–H and O–H groups in total. The number of imidazole rings is 1. The van der Waals surface area contributed by atoms with Crippen LogP contribution in [0.15, 0.2) is 42.3 Å². The van der Waals surface area contributed by atoms with Gasteiger partial charge in [-0.05, 0) is 43.8 Å². The summed E-state index contributed by atoms with van der Waals surface area (Å²) in [5, 5.41) is 3.20. The van der Waals surface area contributed by atoms with Gasteiger partial charge in [0.2, 0.25) is 0 Å². The number of allylic oxidation sites excluding steroid dienone is 2. The summed E-state index contributed by atoms with van der Waals surface area (Å²) in [6.45, 7) is 2.04. The number of halogens is 1. The fraction of sp³-hybridized carbons (Fsp3) is 0.286. The van der Waals surface area contributed by atoms with E-state index in [1.165, 1.54) is 5.57 Å². The lowest BCUT2D eigenvalue weighted by atomic mass is 9.99. The first-order valence-corrected chi connectivity index (χ1v) is 7.19. The molecule has 3 rings (SSSR count). The first-order chi connectivity index (χ1) is 9.57. The highest BCUT2D eigenvalue weighted by molar-refractivity contribution is 9.08. The minimum atomic E-state index is -0.516. The summed E-state index contributed by atoms with van der Waals surface area (Å²) in [6.07, 6.45) is 9.22. The molecule has 1 atom stereocenters. The Morgan fingerprint density at radius 3 is 3.10 bits per heavy atom. The molecule has 0 fully saturated rings. The number of pyridine rings is 1. The van der Waals surface area contributed by atoms with Gasteiger partial charge in [-0.15, -0.1) is 0 Å². The van der Waals surface area contributed by atoms with Crippen LogP contribution < -0.4 is 11.1 Å². The number of aromatic nitrogens is 3. The normalized spacial score (nSPS) is 21.9. The molecule has 0 saturated carbocycles. The van der Waals surface area contributed by atoms with Gasteiger partial charge >= 0.3 is 0 Å². The Labute approximate surface area is 125 Å². The van der Waals surface area contributed by atoms with E-state index >= 15 is 0 Å². The highest BCUT2D eigenvalue weighted by Gasteiger charge is 2.23. The minimum Gasteiger partial charge on any atom is -0.370 e. The molecule has 0 radical (unpaired) electrons. The van der Waals surface area contributed by atoms with E-state index in [0.717, 1.165) is 29.8 Å². The van der Waals surface area contributed by atoms with E-state index < -0.39 is 5.66 Å². The smallest absolute Gasteiger partial charge is 0.170 e. The van der Waals surface area contributed by atoms with Gasteiger partial charge < -0.3 is 11.1 Å². The van der Waals surface area contributed by atoms with Gasteiger partial charge in [0, 0.05) is 12.6 Å². The van der Waals surface area contributed by atoms with Gasteiger partial charge in [-0.3, -0.25) is 0 Å². The van der Waals surface area contributed by atoms with Crippen LogP contribution in [0.4, 0.5) is 0 Å². The molecular formula is C14H16BrN5. The van der Waals surface area contributed by atoms with E-state index in [4.69, 9.17) is 5.73 Å². The molecule has 0 amide bonds. The van der Waals surface area contributed by atoms with Gasteiger partial charge in [-0.2, -0.15) is 0 Å². The van der Waals surface area contributed by atoms with E-state index in [-0.39, 0.29) is 0 Å². The van der Waals surface area contributed by atoms with Crippen molar-refractivity contribution in [2.45, 2.75) is 25.4 Å². The third-order valence-corrected chi connectivity index (χ3v) is 4.12. The van der Waals surface area contributed by atoms with Crippen LogP contribution >= 0.6 is 16.1 Å². The predicted octanol–water partition coefficient (Wildman–Crippen LogP) is 2.24. The topological polar surface area (TPSA) is 68.8 Å². The van der Waals surface area contributed by atoms with Gasteiger partial charge in [0.1, 0.15) is 17.0 Å². The molecule has 0 aromatic carbocycles. The SMILES string of the molecule is CC1=CC(N)(CCc2nc3cccnc3n2Br)NC=C1. The van der Waals surface area contributed by atoms with Crippen molar-refractivity contribution in [3.63, 3.8) is 0 Å². The maximum absolute atomic E-state index is 6.33. The Morgan fingerprint density at radius 2 is 2.35 bits per heavy atom. The molecule has 5 nitrogen and oxygen atoms in total. The van der Waals surface area contributed by atoms with E-state index in [0.29, 0.717) is 0 Å². The summed E-state index contributed by atoms with van der Waals surface area (Å²) in [5.41, 5.74) is 8.70. The number of hydrogen-bond donors (Lipinski definition) is 2. The second kappa shape index (κ2) is 5.03. The molecule has 1 unspecified atom stereocenters. The van der Waals surface area contributed by atoms with Crippen LogP contribution in [0, 0.1) is 0 Å². The fourth-order valence-corrected chi connectivity index (χ4v) is 2.90. The average molecular weight is 334 g/mol. The van der Waals surface area contributed by atoms with E-state index in [1.807, 2.05) is 41.0 Å². The summed E-state index contributed by atoms with van der Waals surface area (Å²) in [5.74, 6) is 0.922. The lowest BCUT2D eigenvalue weighted by Crippen LogP contribution is -2.51. The largest absolute Gasteiger partial charge is 0.370 e. The predicted molar refractivity (Wildman–Crippen MR) is 83.1 cm³/mol. The molecular weight excluding hydrogens is 318 g/mol. The highest BCUT2D eigenvalue weighted by Crippen LogP contribution is 2.20. The summed E-state index contributed by atoms with van der Waals surface area (Å²) >= 11 is 3.51. The van der Waals surface area contributed by atoms with Crippen molar-refractivity contribution in [3.8, 4) is 0 Å². The third kappa shape index (κ3) is 2.48. The zero-order valence-corrected chi connectivity index (χ0v) is 12.8. The van der Waals surface area contributed by atoms with Gasteiger partial charge in [-0.25, -0.2) is 13.6 Å². The molecule has 0 aliphatic carbocycles. The molecule has 1 aliphatic rings. The lowest BCUT2D eigenvalue weighted by molar-refractivity contribution is 0.427. The second-order valence-corrected chi connectivity index (χ2v) is 5.77. The van der Waals surface area contributed by atoms with Crippen molar-refractivity contribution in [1.29, 1.82) is 0 Å². The number of aryl methyl sites for hydroxylation is 1. The Balaban J connectivity index is 1.81. The first kappa shape index (κ1) is 13.3. The number of nitrogens with one attached hydrogen (secondary N) is 1. The number of rotatable bonds is 3. The van der Waals surface area contributed by atoms with Crippen LogP contribution in [0.2, 0.25) is 0 Å². The quantitative estimate of drug-likeness (QED) is 0.903. The average Bonchev–Trinajstić information content (AvgIpc) is 2.74. The zero-order valence-electron chi connectivity index (χ0n) is 11.2. The van der Waals surface area contributed by atoms with Crippen molar-refractivity contribution >= 4 is 27.3 Å². The summed E-state index contributed by atoms with van der Waals surface area (Å²) in [4.78, 5) is 8.89. The molecule has 20 heavy (non-hydrogen) atoms. The van der Waals surface area contributed by atoms with E-state index in [2.05, 4.69) is 31.4 Å². The molecule has 104 valence electrons. The molecule has 6 heteroatoms. The van der Waals surface area contributed by atoms with Gasteiger partial charge in [0.15, 0.2) is 5.65 Å².